The maximum Gasteiger partial charge on any atom is 0.416 e. The van der Waals surface area contributed by atoms with E-state index in [4.69, 9.17) is 11.6 Å². The van der Waals surface area contributed by atoms with Crippen LogP contribution >= 0.6 is 11.6 Å². The lowest BCUT2D eigenvalue weighted by Gasteiger charge is -2.36. The van der Waals surface area contributed by atoms with Crippen molar-refractivity contribution in [1.82, 2.24) is 19.7 Å². The van der Waals surface area contributed by atoms with Gasteiger partial charge in [-0.15, -0.1) is 0 Å². The summed E-state index contributed by atoms with van der Waals surface area (Å²) in [6.07, 6.45) is -0.621. The average molecular weight is 438 g/mol. The lowest BCUT2D eigenvalue weighted by molar-refractivity contribution is -0.137. The van der Waals surface area contributed by atoms with Crippen molar-refractivity contribution >= 4 is 23.2 Å². The molecule has 30 heavy (non-hydrogen) atoms. The molecule has 1 fully saturated rings. The number of amides is 1. The molecule has 1 aliphatic heterocycles. The third-order valence-electron chi connectivity index (χ3n) is 5.12. The highest BCUT2D eigenvalue weighted by atomic mass is 35.5. The molecule has 0 spiro atoms. The molecule has 6 nitrogen and oxygen atoms in total. The third-order valence-corrected chi connectivity index (χ3v) is 5.42. The van der Waals surface area contributed by atoms with Crippen molar-refractivity contribution in [2.45, 2.75) is 6.18 Å². The van der Waals surface area contributed by atoms with E-state index in [0.717, 1.165) is 17.7 Å². The normalized spacial score (nSPS) is 15.0. The minimum absolute atomic E-state index is 0.0469. The van der Waals surface area contributed by atoms with Crippen LogP contribution in [0.4, 0.5) is 18.9 Å². The number of anilines is 1. The number of alkyl halides is 3. The summed E-state index contributed by atoms with van der Waals surface area (Å²) in [5, 5.41) is 7.05. The van der Waals surface area contributed by atoms with Gasteiger partial charge in [0.15, 0.2) is 0 Å². The Morgan fingerprint density at radius 3 is 2.47 bits per heavy atom. The van der Waals surface area contributed by atoms with Crippen molar-refractivity contribution < 1.29 is 18.0 Å². The van der Waals surface area contributed by atoms with Gasteiger partial charge in [-0.2, -0.15) is 18.3 Å². The fourth-order valence-corrected chi connectivity index (χ4v) is 3.79. The molecular weight excluding hydrogens is 419 g/mol. The summed E-state index contributed by atoms with van der Waals surface area (Å²) >= 11 is 6.09. The number of halogens is 4. The minimum atomic E-state index is -4.43. The van der Waals surface area contributed by atoms with Crippen LogP contribution in [0.25, 0.3) is 11.3 Å². The van der Waals surface area contributed by atoms with Crippen molar-refractivity contribution in [2.24, 2.45) is 7.05 Å². The summed E-state index contributed by atoms with van der Waals surface area (Å²) in [5.41, 5.74) is 1.75. The lowest BCUT2D eigenvalue weighted by atomic mass is 10.1. The number of H-pyrrole nitrogens is 1. The molecule has 4 rings (SSSR count). The number of hydrogen-bond acceptors (Lipinski definition) is 3. The highest BCUT2D eigenvalue weighted by Crippen LogP contribution is 2.35. The predicted octanol–water partition coefficient (Wildman–Crippen LogP) is 4.05. The van der Waals surface area contributed by atoms with Gasteiger partial charge in [0.25, 0.3) is 5.91 Å². The van der Waals surface area contributed by atoms with Crippen LogP contribution in [-0.4, -0.2) is 51.8 Å². The van der Waals surface area contributed by atoms with Crippen LogP contribution in [0, 0.1) is 0 Å². The van der Waals surface area contributed by atoms with Gasteiger partial charge in [-0.25, -0.2) is 0 Å². The first-order chi connectivity index (χ1) is 14.2. The topological polar surface area (TPSA) is 57.2 Å². The van der Waals surface area contributed by atoms with Gasteiger partial charge in [-0.1, -0.05) is 11.6 Å². The standard InChI is InChI=1S/C20H19ClF3N5O/c1-27-5-4-13(12-27)16-11-17(26-25-16)19(30)29-8-6-28(7-9-29)18-3-2-14(10-15(18)21)20(22,23)24/h2-5,10-12H,6-9H2,1H3,(H,25,26). The quantitative estimate of drug-likeness (QED) is 0.672. The van der Waals surface area contributed by atoms with Crippen LogP contribution in [-0.2, 0) is 13.2 Å². The molecule has 0 radical (unpaired) electrons. The predicted molar refractivity (Wildman–Crippen MR) is 108 cm³/mol. The number of aromatic amines is 1. The van der Waals surface area contributed by atoms with Crippen LogP contribution in [0.15, 0.2) is 42.7 Å². The summed E-state index contributed by atoms with van der Waals surface area (Å²) in [6, 6.07) is 6.97. The Morgan fingerprint density at radius 1 is 1.13 bits per heavy atom. The molecular formula is C20H19ClF3N5O. The molecule has 1 amide bonds. The van der Waals surface area contributed by atoms with Crippen molar-refractivity contribution in [2.75, 3.05) is 31.1 Å². The number of carbonyl (C=O) groups excluding carboxylic acids is 1. The van der Waals surface area contributed by atoms with Crippen molar-refractivity contribution in [3.8, 4) is 11.3 Å². The third kappa shape index (κ3) is 4.02. The van der Waals surface area contributed by atoms with Crippen LogP contribution < -0.4 is 4.90 Å². The van der Waals surface area contributed by atoms with Gasteiger partial charge in [0.05, 0.1) is 22.0 Å². The van der Waals surface area contributed by atoms with Crippen LogP contribution in [0.5, 0.6) is 0 Å². The Balaban J connectivity index is 1.41. The summed E-state index contributed by atoms with van der Waals surface area (Å²) < 4.78 is 40.4. The first-order valence-electron chi connectivity index (χ1n) is 9.31. The van der Waals surface area contributed by atoms with Crippen LogP contribution in [0.2, 0.25) is 5.02 Å². The molecule has 2 aromatic heterocycles. The van der Waals surface area contributed by atoms with Gasteiger partial charge in [-0.05, 0) is 30.3 Å². The van der Waals surface area contributed by atoms with E-state index in [1.54, 1.807) is 11.0 Å². The lowest BCUT2D eigenvalue weighted by Crippen LogP contribution is -2.49. The molecule has 10 heteroatoms. The molecule has 0 aliphatic carbocycles. The highest BCUT2D eigenvalue weighted by molar-refractivity contribution is 6.33. The Bertz CT molecular complexity index is 1070. The van der Waals surface area contributed by atoms with E-state index in [2.05, 4.69) is 10.2 Å². The van der Waals surface area contributed by atoms with E-state index in [-0.39, 0.29) is 10.9 Å². The summed E-state index contributed by atoms with van der Waals surface area (Å²) in [7, 11) is 1.91. The second kappa shape index (κ2) is 7.71. The zero-order valence-corrected chi connectivity index (χ0v) is 16.8. The van der Waals surface area contributed by atoms with Gasteiger partial charge in [0.2, 0.25) is 0 Å². The molecule has 0 saturated carbocycles. The molecule has 1 aromatic carbocycles. The number of aryl methyl sites for hydroxylation is 1. The monoisotopic (exact) mass is 437 g/mol. The van der Waals surface area contributed by atoms with E-state index >= 15 is 0 Å². The summed E-state index contributed by atoms with van der Waals surface area (Å²) in [4.78, 5) is 16.4. The smallest absolute Gasteiger partial charge is 0.367 e. The second-order valence-corrected chi connectivity index (χ2v) is 7.58. The van der Waals surface area contributed by atoms with Gasteiger partial charge in [0.1, 0.15) is 5.69 Å². The number of aromatic nitrogens is 3. The minimum Gasteiger partial charge on any atom is -0.367 e. The molecule has 3 heterocycles. The SMILES string of the molecule is Cn1ccc(-c2cc(C(=O)N3CCN(c4ccc(C(F)(F)F)cc4Cl)CC3)[nH]n2)c1. The number of nitrogens with one attached hydrogen (secondary N) is 1. The molecule has 1 aliphatic rings. The number of benzene rings is 1. The number of rotatable bonds is 3. The van der Waals surface area contributed by atoms with Gasteiger partial charge < -0.3 is 14.4 Å². The Labute approximate surface area is 175 Å². The molecule has 3 aromatic rings. The molecule has 158 valence electrons. The summed E-state index contributed by atoms with van der Waals surface area (Å²) in [5.74, 6) is -0.164. The van der Waals surface area contributed by atoms with E-state index in [0.29, 0.717) is 43.3 Å². The second-order valence-electron chi connectivity index (χ2n) is 7.18. The van der Waals surface area contributed by atoms with Crippen molar-refractivity contribution in [3.05, 3.63) is 59.0 Å². The first kappa shape index (κ1) is 20.3. The number of nitrogens with zero attached hydrogens (tertiary/aromatic N) is 4. The Morgan fingerprint density at radius 2 is 1.87 bits per heavy atom. The van der Waals surface area contributed by atoms with E-state index in [9.17, 15) is 18.0 Å². The Hall–Kier alpha value is -2.94. The number of carbonyl (C=O) groups is 1. The average Bonchev–Trinajstić information content (AvgIpc) is 3.36. The maximum atomic E-state index is 12.8. The molecule has 0 unspecified atom stereocenters. The zero-order chi connectivity index (χ0) is 21.5. The number of hydrogen-bond donors (Lipinski definition) is 1. The highest BCUT2D eigenvalue weighted by Gasteiger charge is 2.32. The fraction of sp³-hybridized carbons (Fsp3) is 0.300. The zero-order valence-electron chi connectivity index (χ0n) is 16.1. The van der Waals surface area contributed by atoms with E-state index in [1.807, 2.05) is 35.0 Å². The molecule has 1 saturated heterocycles. The largest absolute Gasteiger partial charge is 0.416 e. The van der Waals surface area contributed by atoms with Crippen LogP contribution in [0.1, 0.15) is 16.1 Å². The van der Waals surface area contributed by atoms with Crippen LogP contribution in [0.3, 0.4) is 0 Å². The van der Waals surface area contributed by atoms with Gasteiger partial charge in [0, 0.05) is 51.2 Å². The van der Waals surface area contributed by atoms with E-state index < -0.39 is 11.7 Å². The molecule has 1 N–H and O–H groups in total. The first-order valence-corrected chi connectivity index (χ1v) is 9.69. The van der Waals surface area contributed by atoms with Crippen molar-refractivity contribution in [3.63, 3.8) is 0 Å². The van der Waals surface area contributed by atoms with E-state index in [1.165, 1.54) is 6.07 Å². The summed E-state index contributed by atoms with van der Waals surface area (Å²) in [6.45, 7) is 1.79. The fourth-order valence-electron chi connectivity index (χ4n) is 3.49. The molecule has 0 bridgehead atoms. The van der Waals surface area contributed by atoms with Gasteiger partial charge >= 0.3 is 6.18 Å². The Kier molecular flexibility index (Phi) is 5.23. The van der Waals surface area contributed by atoms with Gasteiger partial charge in [-0.3, -0.25) is 9.89 Å². The van der Waals surface area contributed by atoms with Crippen molar-refractivity contribution in [1.29, 1.82) is 0 Å². The number of piperazine rings is 1. The maximum absolute atomic E-state index is 12.8. The molecule has 0 atom stereocenters.